The van der Waals surface area contributed by atoms with Crippen molar-refractivity contribution >= 4 is 11.9 Å². The normalized spacial score (nSPS) is 13.2. The number of carbonyl (C=O) groups is 2. The van der Waals surface area contributed by atoms with Crippen LogP contribution in [-0.2, 0) is 14.3 Å². The highest BCUT2D eigenvalue weighted by Gasteiger charge is 2.79. The number of hydrogen-bond acceptors (Lipinski definition) is 3. The lowest BCUT2D eigenvalue weighted by molar-refractivity contribution is -0.299. The molecule has 0 heterocycles. The van der Waals surface area contributed by atoms with Gasteiger partial charge in [0, 0.05) is 0 Å². The highest BCUT2D eigenvalue weighted by Crippen LogP contribution is 2.46. The summed E-state index contributed by atoms with van der Waals surface area (Å²) >= 11 is 0. The van der Waals surface area contributed by atoms with Crippen LogP contribution in [0.25, 0.3) is 0 Å². The van der Waals surface area contributed by atoms with Gasteiger partial charge in [-0.25, -0.2) is 9.59 Å². The molecule has 0 unspecified atom stereocenters. The molecule has 0 radical (unpaired) electrons. The first-order valence-corrected chi connectivity index (χ1v) is 4.97. The number of carbonyl (C=O) groups excluding carboxylic acids is 1. The zero-order valence-corrected chi connectivity index (χ0v) is 9.56. The van der Waals surface area contributed by atoms with E-state index < -0.39 is 36.3 Å². The number of aliphatic carboxylic acids is 1. The standard InChI is InChI=1S/C9H10F6O4/c1-2-3-4-19-6(18)8(12,13)9(14,15)7(10,11)5(16)17/h2-4H2,1H3,(H,16,17). The van der Waals surface area contributed by atoms with Crippen molar-refractivity contribution in [3.63, 3.8) is 0 Å². The predicted octanol–water partition coefficient (Wildman–Crippen LogP) is 2.32. The number of ether oxygens (including phenoxy) is 1. The zero-order chi connectivity index (χ0) is 15.5. The van der Waals surface area contributed by atoms with E-state index in [4.69, 9.17) is 5.11 Å². The number of esters is 1. The van der Waals surface area contributed by atoms with Gasteiger partial charge >= 0.3 is 29.7 Å². The largest absolute Gasteiger partial charge is 0.477 e. The number of alkyl halides is 6. The number of unbranched alkanes of at least 4 members (excludes halogenated alkanes) is 1. The summed E-state index contributed by atoms with van der Waals surface area (Å²) in [6.07, 6.45) is 0.434. The average molecular weight is 296 g/mol. The van der Waals surface area contributed by atoms with Crippen LogP contribution >= 0.6 is 0 Å². The van der Waals surface area contributed by atoms with Gasteiger partial charge in [-0.2, -0.15) is 26.3 Å². The molecule has 0 aliphatic rings. The van der Waals surface area contributed by atoms with Gasteiger partial charge in [0.1, 0.15) is 0 Å². The Balaban J connectivity index is 5.16. The maximum absolute atomic E-state index is 12.9. The molecule has 112 valence electrons. The molecule has 0 fully saturated rings. The van der Waals surface area contributed by atoms with Gasteiger partial charge < -0.3 is 9.84 Å². The van der Waals surface area contributed by atoms with Crippen molar-refractivity contribution in [2.75, 3.05) is 6.61 Å². The fraction of sp³-hybridized carbons (Fsp3) is 0.778. The number of carboxylic acids is 1. The molecular weight excluding hydrogens is 286 g/mol. The number of rotatable bonds is 7. The van der Waals surface area contributed by atoms with E-state index in [1.807, 2.05) is 0 Å². The Hall–Kier alpha value is -1.48. The molecule has 0 saturated heterocycles. The lowest BCUT2D eigenvalue weighted by atomic mass is 10.0. The van der Waals surface area contributed by atoms with Crippen LogP contribution in [0.5, 0.6) is 0 Å². The second-order valence-corrected chi connectivity index (χ2v) is 3.52. The maximum Gasteiger partial charge on any atom is 0.411 e. The molecule has 0 aromatic heterocycles. The van der Waals surface area contributed by atoms with Crippen LogP contribution < -0.4 is 0 Å². The summed E-state index contributed by atoms with van der Waals surface area (Å²) < 4.78 is 80.2. The average Bonchev–Trinajstić information content (AvgIpc) is 2.28. The minimum Gasteiger partial charge on any atom is -0.477 e. The van der Waals surface area contributed by atoms with Crippen LogP contribution in [0.2, 0.25) is 0 Å². The quantitative estimate of drug-likeness (QED) is 0.445. The molecule has 0 atom stereocenters. The minimum absolute atomic E-state index is 0.0582. The van der Waals surface area contributed by atoms with Crippen molar-refractivity contribution in [2.45, 2.75) is 37.5 Å². The van der Waals surface area contributed by atoms with Crippen molar-refractivity contribution < 1.29 is 45.8 Å². The zero-order valence-electron chi connectivity index (χ0n) is 9.56. The predicted molar refractivity (Wildman–Crippen MR) is 48.3 cm³/mol. The number of carboxylic acid groups (broad SMARTS) is 1. The molecule has 0 spiro atoms. The number of hydrogen-bond donors (Lipinski definition) is 1. The molecule has 19 heavy (non-hydrogen) atoms. The summed E-state index contributed by atoms with van der Waals surface area (Å²) in [5.41, 5.74) is 0. The van der Waals surface area contributed by atoms with Gasteiger partial charge in [-0.3, -0.25) is 0 Å². The SMILES string of the molecule is CCCCOC(=O)C(F)(F)C(F)(F)C(F)(F)C(=O)O. The molecule has 0 saturated carbocycles. The Bertz CT molecular complexity index is 355. The van der Waals surface area contributed by atoms with E-state index in [0.29, 0.717) is 6.42 Å². The molecule has 0 aromatic rings. The molecule has 0 amide bonds. The van der Waals surface area contributed by atoms with Crippen molar-refractivity contribution in [2.24, 2.45) is 0 Å². The van der Waals surface area contributed by atoms with Crippen LogP contribution in [-0.4, -0.2) is 41.4 Å². The van der Waals surface area contributed by atoms with Gasteiger partial charge in [-0.15, -0.1) is 0 Å². The van der Waals surface area contributed by atoms with E-state index >= 15 is 0 Å². The highest BCUT2D eigenvalue weighted by atomic mass is 19.3. The minimum atomic E-state index is -6.41. The van der Waals surface area contributed by atoms with Crippen LogP contribution in [0, 0.1) is 0 Å². The molecule has 10 heteroatoms. The van der Waals surface area contributed by atoms with Crippen LogP contribution in [0.15, 0.2) is 0 Å². The summed E-state index contributed by atoms with van der Waals surface area (Å²) in [7, 11) is 0. The molecule has 1 N–H and O–H groups in total. The summed E-state index contributed by atoms with van der Waals surface area (Å²) in [5.74, 6) is -24.8. The smallest absolute Gasteiger partial charge is 0.411 e. The van der Waals surface area contributed by atoms with Crippen LogP contribution in [0.4, 0.5) is 26.3 Å². The van der Waals surface area contributed by atoms with E-state index in [2.05, 4.69) is 4.74 Å². The lowest BCUT2D eigenvalue weighted by Crippen LogP contribution is -2.61. The van der Waals surface area contributed by atoms with Crippen molar-refractivity contribution in [3.8, 4) is 0 Å². The third-order valence-electron chi connectivity index (χ3n) is 2.04. The molecule has 0 aliphatic heterocycles. The van der Waals surface area contributed by atoms with Crippen molar-refractivity contribution in [1.29, 1.82) is 0 Å². The Kier molecular flexibility index (Phi) is 5.22. The second-order valence-electron chi connectivity index (χ2n) is 3.52. The van der Waals surface area contributed by atoms with Gasteiger partial charge in [0.05, 0.1) is 6.61 Å². The van der Waals surface area contributed by atoms with E-state index in [0.717, 1.165) is 0 Å². The monoisotopic (exact) mass is 296 g/mol. The summed E-state index contributed by atoms with van der Waals surface area (Å²) in [6.45, 7) is 0.902. The first-order valence-electron chi connectivity index (χ1n) is 4.97. The highest BCUT2D eigenvalue weighted by molar-refractivity contribution is 5.83. The number of halogens is 6. The third kappa shape index (κ3) is 3.10. The van der Waals surface area contributed by atoms with Gasteiger partial charge in [0.25, 0.3) is 0 Å². The molecule has 0 aromatic carbocycles. The Morgan fingerprint density at radius 1 is 1.05 bits per heavy atom. The van der Waals surface area contributed by atoms with Gasteiger partial charge in [-0.1, -0.05) is 13.3 Å². The van der Waals surface area contributed by atoms with Crippen molar-refractivity contribution in [1.82, 2.24) is 0 Å². The third-order valence-corrected chi connectivity index (χ3v) is 2.04. The van der Waals surface area contributed by atoms with Gasteiger partial charge in [-0.05, 0) is 6.42 Å². The molecule has 0 aliphatic carbocycles. The first-order chi connectivity index (χ1) is 8.42. The van der Waals surface area contributed by atoms with Gasteiger partial charge in [0.2, 0.25) is 0 Å². The topological polar surface area (TPSA) is 63.6 Å². The fourth-order valence-electron chi connectivity index (χ4n) is 0.859. The lowest BCUT2D eigenvalue weighted by Gasteiger charge is -2.28. The Labute approximate surface area is 103 Å². The van der Waals surface area contributed by atoms with Crippen LogP contribution in [0.3, 0.4) is 0 Å². The first kappa shape index (κ1) is 17.5. The van der Waals surface area contributed by atoms with Crippen molar-refractivity contribution in [3.05, 3.63) is 0 Å². The van der Waals surface area contributed by atoms with Gasteiger partial charge in [0.15, 0.2) is 0 Å². The Morgan fingerprint density at radius 3 is 1.89 bits per heavy atom. The molecular formula is C9H10F6O4. The summed E-state index contributed by atoms with van der Waals surface area (Å²) in [5, 5.41) is 7.82. The van der Waals surface area contributed by atoms with E-state index in [-0.39, 0.29) is 6.42 Å². The Morgan fingerprint density at radius 2 is 1.53 bits per heavy atom. The summed E-state index contributed by atoms with van der Waals surface area (Å²) in [4.78, 5) is 20.6. The van der Waals surface area contributed by atoms with Crippen LogP contribution in [0.1, 0.15) is 19.8 Å². The molecule has 0 bridgehead atoms. The summed E-state index contributed by atoms with van der Waals surface area (Å²) in [6, 6.07) is 0. The second kappa shape index (κ2) is 5.66. The fourth-order valence-corrected chi connectivity index (χ4v) is 0.859. The van der Waals surface area contributed by atoms with E-state index in [9.17, 15) is 35.9 Å². The van der Waals surface area contributed by atoms with E-state index in [1.165, 1.54) is 0 Å². The molecule has 0 rings (SSSR count). The van der Waals surface area contributed by atoms with E-state index in [1.54, 1.807) is 6.92 Å². The maximum atomic E-state index is 12.9. The molecule has 4 nitrogen and oxygen atoms in total.